The van der Waals surface area contributed by atoms with Gasteiger partial charge in [-0.15, -0.1) is 0 Å². The molecule has 0 spiro atoms. The third-order valence-electron chi connectivity index (χ3n) is 1.31. The predicted octanol–water partition coefficient (Wildman–Crippen LogP) is 1.83. The average molecular weight is 198 g/mol. The summed E-state index contributed by atoms with van der Waals surface area (Å²) in [5.74, 6) is 0.000367. The maximum absolute atomic E-state index is 10.5. The fourth-order valence-electron chi connectivity index (χ4n) is 0.684. The van der Waals surface area contributed by atoms with Crippen LogP contribution in [0.15, 0.2) is 24.4 Å². The molecule has 0 unspecified atom stereocenters. The third kappa shape index (κ3) is 13.3. The summed E-state index contributed by atoms with van der Waals surface area (Å²) < 4.78 is 0. The van der Waals surface area contributed by atoms with E-state index in [4.69, 9.17) is 0 Å². The van der Waals surface area contributed by atoms with Gasteiger partial charge in [0, 0.05) is 20.5 Å². The van der Waals surface area contributed by atoms with E-state index in [1.807, 2.05) is 33.2 Å². The fraction of sp³-hybridized carbons (Fsp3) is 0.545. The van der Waals surface area contributed by atoms with Gasteiger partial charge in [0.1, 0.15) is 0 Å². The highest BCUT2D eigenvalue weighted by atomic mass is 16.1. The molecule has 1 amide bonds. The molecular weight excluding hydrogens is 176 g/mol. The van der Waals surface area contributed by atoms with Gasteiger partial charge in [0.25, 0.3) is 0 Å². The van der Waals surface area contributed by atoms with Crippen molar-refractivity contribution < 1.29 is 4.79 Å². The number of rotatable bonds is 5. The molecule has 0 saturated carbocycles. The van der Waals surface area contributed by atoms with Crippen molar-refractivity contribution in [2.45, 2.75) is 27.2 Å². The highest BCUT2D eigenvalue weighted by molar-refractivity contribution is 5.72. The molecule has 82 valence electrons. The number of hydrogen-bond donors (Lipinski definition) is 2. The van der Waals surface area contributed by atoms with Gasteiger partial charge in [0.05, 0.1) is 0 Å². The summed E-state index contributed by atoms with van der Waals surface area (Å²) >= 11 is 0. The summed E-state index contributed by atoms with van der Waals surface area (Å²) in [6, 6.07) is 0. The fourth-order valence-corrected chi connectivity index (χ4v) is 0.684. The summed E-state index contributed by atoms with van der Waals surface area (Å²) in [6.07, 6.45) is 4.50. The number of carbonyl (C=O) groups is 1. The molecule has 0 fully saturated rings. The Bertz CT molecular complexity index is 186. The maximum atomic E-state index is 10.5. The molecule has 0 aromatic rings. The van der Waals surface area contributed by atoms with Crippen LogP contribution < -0.4 is 10.6 Å². The monoisotopic (exact) mass is 198 g/mol. The zero-order chi connectivity index (χ0) is 11.4. The minimum absolute atomic E-state index is 0.000367. The molecule has 0 aromatic carbocycles. The quantitative estimate of drug-likeness (QED) is 0.662. The average Bonchev–Trinajstić information content (AvgIpc) is 2.17. The van der Waals surface area contributed by atoms with Crippen LogP contribution in [0, 0.1) is 0 Å². The van der Waals surface area contributed by atoms with E-state index in [1.165, 1.54) is 6.92 Å². The Kier molecular flexibility index (Phi) is 12.8. The van der Waals surface area contributed by atoms with Crippen LogP contribution in [0.5, 0.6) is 0 Å². The van der Waals surface area contributed by atoms with Crippen molar-refractivity contribution in [2.75, 3.05) is 13.6 Å². The minimum Gasteiger partial charge on any atom is -0.394 e. The first-order valence-corrected chi connectivity index (χ1v) is 4.93. The number of hydrogen-bond acceptors (Lipinski definition) is 2. The molecular formula is C11H22N2O. The lowest BCUT2D eigenvalue weighted by molar-refractivity contribution is -0.118. The summed E-state index contributed by atoms with van der Waals surface area (Å²) in [5, 5.41) is 5.57. The van der Waals surface area contributed by atoms with Crippen molar-refractivity contribution in [3.63, 3.8) is 0 Å². The van der Waals surface area contributed by atoms with Gasteiger partial charge < -0.3 is 10.6 Å². The van der Waals surface area contributed by atoms with Crippen LogP contribution in [-0.2, 0) is 4.79 Å². The lowest BCUT2D eigenvalue weighted by Gasteiger charge is -2.00. The molecule has 0 atom stereocenters. The summed E-state index contributed by atoms with van der Waals surface area (Å²) in [7, 11) is 1.83. The van der Waals surface area contributed by atoms with E-state index in [0.29, 0.717) is 6.54 Å². The lowest BCUT2D eigenvalue weighted by atomic mass is 10.2. The lowest BCUT2D eigenvalue weighted by Crippen LogP contribution is -2.20. The van der Waals surface area contributed by atoms with Crippen LogP contribution in [0.4, 0.5) is 0 Å². The third-order valence-corrected chi connectivity index (χ3v) is 1.31. The standard InChI is InChI=1S/C9H16N2O.C2H6/c1-8(4-6-10-3)5-7-11-9(2)12;1-2/h4,6,10H,1,5,7H2,2-3H3,(H,11,12);1-2H3/b6-4-;. The van der Waals surface area contributed by atoms with Crippen molar-refractivity contribution >= 4 is 5.91 Å². The van der Waals surface area contributed by atoms with Crippen molar-refractivity contribution in [1.29, 1.82) is 0 Å². The Labute approximate surface area is 87.3 Å². The van der Waals surface area contributed by atoms with E-state index in [2.05, 4.69) is 17.2 Å². The second-order valence-corrected chi connectivity index (χ2v) is 2.51. The first kappa shape index (κ1) is 15.2. The van der Waals surface area contributed by atoms with Crippen LogP contribution in [0.1, 0.15) is 27.2 Å². The van der Waals surface area contributed by atoms with Gasteiger partial charge >= 0.3 is 0 Å². The van der Waals surface area contributed by atoms with Gasteiger partial charge in [-0.1, -0.05) is 26.0 Å². The Hall–Kier alpha value is -1.25. The smallest absolute Gasteiger partial charge is 0.216 e. The van der Waals surface area contributed by atoms with Crippen LogP contribution in [0.3, 0.4) is 0 Å². The van der Waals surface area contributed by atoms with E-state index in [-0.39, 0.29) is 5.91 Å². The molecule has 0 saturated heterocycles. The molecule has 0 aliphatic heterocycles. The Balaban J connectivity index is 0. The second-order valence-electron chi connectivity index (χ2n) is 2.51. The molecule has 0 rings (SSSR count). The van der Waals surface area contributed by atoms with Gasteiger partial charge in [0.15, 0.2) is 0 Å². The van der Waals surface area contributed by atoms with Crippen LogP contribution >= 0.6 is 0 Å². The maximum Gasteiger partial charge on any atom is 0.216 e. The van der Waals surface area contributed by atoms with Gasteiger partial charge in [-0.2, -0.15) is 0 Å². The Morgan fingerprint density at radius 1 is 1.43 bits per heavy atom. The van der Waals surface area contributed by atoms with Gasteiger partial charge in [0.2, 0.25) is 5.91 Å². The summed E-state index contributed by atoms with van der Waals surface area (Å²) in [6.45, 7) is 9.97. The highest BCUT2D eigenvalue weighted by Crippen LogP contribution is 1.96. The van der Waals surface area contributed by atoms with Gasteiger partial charge in [-0.05, 0) is 18.7 Å². The van der Waals surface area contributed by atoms with Gasteiger partial charge in [-0.25, -0.2) is 0 Å². The molecule has 0 bridgehead atoms. The van der Waals surface area contributed by atoms with E-state index in [9.17, 15) is 4.79 Å². The highest BCUT2D eigenvalue weighted by Gasteiger charge is 1.91. The number of allylic oxidation sites excluding steroid dienone is 1. The topological polar surface area (TPSA) is 41.1 Å². The van der Waals surface area contributed by atoms with Crippen LogP contribution in [0.2, 0.25) is 0 Å². The van der Waals surface area contributed by atoms with Crippen LogP contribution in [-0.4, -0.2) is 19.5 Å². The normalized spacial score (nSPS) is 8.86. The second kappa shape index (κ2) is 11.8. The largest absolute Gasteiger partial charge is 0.394 e. The summed E-state index contributed by atoms with van der Waals surface area (Å²) in [4.78, 5) is 10.5. The zero-order valence-electron chi connectivity index (χ0n) is 9.68. The molecule has 14 heavy (non-hydrogen) atoms. The van der Waals surface area contributed by atoms with Crippen LogP contribution in [0.25, 0.3) is 0 Å². The van der Waals surface area contributed by atoms with Crippen molar-refractivity contribution in [1.82, 2.24) is 10.6 Å². The van der Waals surface area contributed by atoms with E-state index in [0.717, 1.165) is 12.0 Å². The number of carbonyl (C=O) groups excluding carboxylic acids is 1. The summed E-state index contributed by atoms with van der Waals surface area (Å²) in [5.41, 5.74) is 0.998. The first-order valence-electron chi connectivity index (χ1n) is 4.93. The molecule has 0 aromatic heterocycles. The SMILES string of the molecule is C=C(/C=C\NC)CCNC(C)=O.CC. The van der Waals surface area contributed by atoms with E-state index < -0.39 is 0 Å². The molecule has 3 heteroatoms. The van der Waals surface area contributed by atoms with Gasteiger partial charge in [-0.3, -0.25) is 4.79 Å². The number of nitrogens with one attached hydrogen (secondary N) is 2. The zero-order valence-corrected chi connectivity index (χ0v) is 9.68. The Morgan fingerprint density at radius 3 is 2.43 bits per heavy atom. The van der Waals surface area contributed by atoms with Crippen molar-refractivity contribution in [2.24, 2.45) is 0 Å². The molecule has 0 radical (unpaired) electrons. The van der Waals surface area contributed by atoms with Crippen molar-refractivity contribution in [3.05, 3.63) is 24.4 Å². The molecule has 2 N–H and O–H groups in total. The molecule has 0 aliphatic carbocycles. The minimum atomic E-state index is 0.000367. The van der Waals surface area contributed by atoms with E-state index >= 15 is 0 Å². The molecule has 0 aliphatic rings. The van der Waals surface area contributed by atoms with Crippen molar-refractivity contribution in [3.8, 4) is 0 Å². The predicted molar refractivity (Wildman–Crippen MR) is 62.0 cm³/mol. The molecule has 3 nitrogen and oxygen atoms in total. The molecule has 0 heterocycles. The van der Waals surface area contributed by atoms with E-state index in [1.54, 1.807) is 0 Å². The Morgan fingerprint density at radius 2 is 2.00 bits per heavy atom. The number of amides is 1. The first-order chi connectivity index (χ1) is 6.66.